The van der Waals surface area contributed by atoms with Crippen LogP contribution < -0.4 is 20.7 Å². The fourth-order valence-corrected chi connectivity index (χ4v) is 5.67. The molecule has 1 saturated carbocycles. The van der Waals surface area contributed by atoms with Gasteiger partial charge in [-0.1, -0.05) is 6.08 Å². The minimum atomic E-state index is -4.53. The van der Waals surface area contributed by atoms with Crippen LogP contribution in [0.2, 0.25) is 0 Å². The summed E-state index contributed by atoms with van der Waals surface area (Å²) < 4.78 is 57.7. The number of nitrogens with one attached hydrogen (secondary N) is 3. The highest BCUT2D eigenvalue weighted by Crippen LogP contribution is 2.40. The number of alkyl halides is 3. The van der Waals surface area contributed by atoms with Crippen LogP contribution in [0.15, 0.2) is 42.0 Å². The average Bonchev–Trinajstić information content (AvgIpc) is 3.57. The summed E-state index contributed by atoms with van der Waals surface area (Å²) in [5.74, 6) is -0.929. The van der Waals surface area contributed by atoms with Crippen molar-refractivity contribution >= 4 is 17.8 Å². The lowest BCUT2D eigenvalue weighted by molar-refractivity contribution is -0.166. The Morgan fingerprint density at radius 3 is 2.80 bits per heavy atom. The summed E-state index contributed by atoms with van der Waals surface area (Å²) in [6.45, 7) is 5.64. The lowest BCUT2D eigenvalue weighted by atomic mass is 10.1. The molecule has 5 aliphatic rings. The number of anilines is 1. The lowest BCUT2D eigenvalue weighted by Gasteiger charge is -2.41. The third kappa shape index (κ3) is 5.94. The van der Waals surface area contributed by atoms with Gasteiger partial charge in [-0.2, -0.15) is 13.2 Å². The summed E-state index contributed by atoms with van der Waals surface area (Å²) in [5, 5.41) is 8.00. The van der Waals surface area contributed by atoms with Crippen molar-refractivity contribution in [2.75, 3.05) is 31.6 Å². The number of carbonyl (C=O) groups is 2. The number of amides is 3. The van der Waals surface area contributed by atoms with E-state index in [-0.39, 0.29) is 24.6 Å². The maximum atomic E-state index is 13.6. The number of dihydropyridines is 1. The van der Waals surface area contributed by atoms with Crippen molar-refractivity contribution in [3.63, 3.8) is 0 Å². The van der Waals surface area contributed by atoms with Gasteiger partial charge in [0.15, 0.2) is 5.79 Å². The van der Waals surface area contributed by atoms with E-state index in [2.05, 4.69) is 25.8 Å². The third-order valence-corrected chi connectivity index (χ3v) is 7.81. The van der Waals surface area contributed by atoms with Gasteiger partial charge in [-0.05, 0) is 51.2 Å². The van der Waals surface area contributed by atoms with Gasteiger partial charge < -0.3 is 29.7 Å². The average molecular weight is 579 g/mol. The monoisotopic (exact) mass is 578 g/mol. The van der Waals surface area contributed by atoms with Crippen LogP contribution in [0.3, 0.4) is 0 Å². The number of fused-ring (bicyclic) bond motifs is 3. The van der Waals surface area contributed by atoms with E-state index in [9.17, 15) is 22.8 Å². The molecule has 2 saturated heterocycles. The minimum Gasteiger partial charge on any atom is -0.491 e. The predicted octanol–water partition coefficient (Wildman–Crippen LogP) is 2.69. The fourth-order valence-electron chi connectivity index (χ4n) is 5.67. The summed E-state index contributed by atoms with van der Waals surface area (Å²) in [7, 11) is 0. The molecule has 222 valence electrons. The Hall–Kier alpha value is -3.52. The zero-order valence-electron chi connectivity index (χ0n) is 22.7. The quantitative estimate of drug-likeness (QED) is 0.452. The topological polar surface area (TPSA) is 117 Å². The molecule has 14 heteroatoms. The molecule has 5 heterocycles. The van der Waals surface area contributed by atoms with Crippen molar-refractivity contribution in [3.05, 3.63) is 42.0 Å². The largest absolute Gasteiger partial charge is 0.491 e. The smallest absolute Gasteiger partial charge is 0.408 e. The molecule has 6 rings (SSSR count). The number of allylic oxidation sites excluding steroid dienone is 1. The summed E-state index contributed by atoms with van der Waals surface area (Å²) >= 11 is 0. The van der Waals surface area contributed by atoms with Crippen LogP contribution in [-0.4, -0.2) is 89.2 Å². The van der Waals surface area contributed by atoms with Crippen molar-refractivity contribution in [1.82, 2.24) is 25.4 Å². The van der Waals surface area contributed by atoms with E-state index in [0.717, 1.165) is 0 Å². The van der Waals surface area contributed by atoms with E-state index in [1.54, 1.807) is 18.2 Å². The van der Waals surface area contributed by atoms with E-state index in [1.807, 2.05) is 13.8 Å². The summed E-state index contributed by atoms with van der Waals surface area (Å²) in [5.41, 5.74) is 0.708. The Morgan fingerprint density at radius 1 is 1.29 bits per heavy atom. The molecule has 3 amide bonds. The van der Waals surface area contributed by atoms with Gasteiger partial charge in [0.25, 0.3) is 0 Å². The zero-order valence-corrected chi connectivity index (χ0v) is 22.7. The molecule has 2 bridgehead atoms. The van der Waals surface area contributed by atoms with Gasteiger partial charge in [0.05, 0.1) is 18.3 Å². The first-order chi connectivity index (χ1) is 19.5. The molecule has 1 aliphatic carbocycles. The first kappa shape index (κ1) is 27.6. The van der Waals surface area contributed by atoms with Gasteiger partial charge in [0.2, 0.25) is 5.91 Å². The molecule has 1 aromatic rings. The molecule has 3 fully saturated rings. The second kappa shape index (κ2) is 10.4. The summed E-state index contributed by atoms with van der Waals surface area (Å²) in [4.78, 5) is 34.4. The number of carbonyl (C=O) groups excluding carboxylic acids is 2. The van der Waals surface area contributed by atoms with Crippen molar-refractivity contribution < 1.29 is 37.0 Å². The molecule has 0 aromatic carbocycles. The number of rotatable bonds is 7. The first-order valence-corrected chi connectivity index (χ1v) is 13.8. The van der Waals surface area contributed by atoms with E-state index >= 15 is 0 Å². The van der Waals surface area contributed by atoms with Gasteiger partial charge in [-0.25, -0.2) is 9.78 Å². The Labute approximate surface area is 235 Å². The fraction of sp³-hybridized carbons (Fsp3) is 0.593. The highest BCUT2D eigenvalue weighted by Gasteiger charge is 2.50. The number of pyridine rings is 1. The second-order valence-electron chi connectivity index (χ2n) is 11.4. The Kier molecular flexibility index (Phi) is 7.00. The molecule has 0 spiro atoms. The molecule has 1 aromatic heterocycles. The normalized spacial score (nSPS) is 27.3. The van der Waals surface area contributed by atoms with Crippen LogP contribution in [0.5, 0.6) is 5.75 Å². The van der Waals surface area contributed by atoms with Crippen LogP contribution in [0.4, 0.5) is 23.8 Å². The van der Waals surface area contributed by atoms with Crippen LogP contribution in [-0.2, 0) is 14.3 Å². The van der Waals surface area contributed by atoms with E-state index < -0.39 is 41.9 Å². The first-order valence-electron chi connectivity index (χ1n) is 13.8. The predicted molar refractivity (Wildman–Crippen MR) is 139 cm³/mol. The Morgan fingerprint density at radius 2 is 2.10 bits per heavy atom. The van der Waals surface area contributed by atoms with Crippen molar-refractivity contribution in [2.45, 2.75) is 69.3 Å². The van der Waals surface area contributed by atoms with E-state index in [1.165, 1.54) is 17.2 Å². The highest BCUT2D eigenvalue weighted by molar-refractivity contribution is 5.91. The SMILES string of the molecule is CC1(C)OC[C@H](COc2ccnc(NC(=O)N3C4=C(C=CC(C(=O)N[C@H](C5CC5)C(F)(F)F)N4)N4CC[C@H]3C4)c2)O1. The van der Waals surface area contributed by atoms with Crippen LogP contribution in [0.25, 0.3) is 0 Å². The number of aromatic nitrogens is 1. The molecule has 4 aliphatic heterocycles. The van der Waals surface area contributed by atoms with Crippen LogP contribution in [0, 0.1) is 5.92 Å². The number of urea groups is 1. The van der Waals surface area contributed by atoms with Crippen molar-refractivity contribution in [2.24, 2.45) is 5.92 Å². The van der Waals surface area contributed by atoms with E-state index in [4.69, 9.17) is 14.2 Å². The van der Waals surface area contributed by atoms with Gasteiger partial charge in [0.1, 0.15) is 42.2 Å². The van der Waals surface area contributed by atoms with E-state index in [0.29, 0.717) is 56.2 Å². The molecule has 3 N–H and O–H groups in total. The third-order valence-electron chi connectivity index (χ3n) is 7.81. The molecular formula is C27H33F3N6O5. The molecular weight excluding hydrogens is 545 g/mol. The Balaban J connectivity index is 1.13. The number of hydrogen-bond acceptors (Lipinski definition) is 8. The van der Waals surface area contributed by atoms with Crippen LogP contribution in [0.1, 0.15) is 33.1 Å². The molecule has 41 heavy (non-hydrogen) atoms. The molecule has 0 radical (unpaired) electrons. The van der Waals surface area contributed by atoms with Crippen LogP contribution >= 0.6 is 0 Å². The van der Waals surface area contributed by atoms with Crippen molar-refractivity contribution in [3.8, 4) is 5.75 Å². The lowest BCUT2D eigenvalue weighted by Crippen LogP contribution is -2.58. The number of nitrogens with zero attached hydrogens (tertiary/aromatic N) is 3. The van der Waals surface area contributed by atoms with Gasteiger partial charge in [-0.15, -0.1) is 0 Å². The Bertz CT molecular complexity index is 1270. The van der Waals surface area contributed by atoms with Gasteiger partial charge >= 0.3 is 12.2 Å². The number of halogens is 3. The highest BCUT2D eigenvalue weighted by atomic mass is 19.4. The van der Waals surface area contributed by atoms with Crippen molar-refractivity contribution in [1.29, 1.82) is 0 Å². The standard InChI is InChI=1S/C27H33F3N6O5/c1-26(2)40-14-18(41-26)13-39-17-7-9-31-21(11-17)33-25(38)36-16-8-10-35(12-16)20-6-5-19(32-23(20)36)24(37)34-22(15-3-4-15)27(28,29)30/h5-7,9,11,15-16,18-19,22,32H,3-4,8,10,12-14H2,1-2H3,(H,34,37)(H,31,33,38)/t16-,18-,19?,22+/m0/s1. The molecule has 11 nitrogen and oxygen atoms in total. The number of ether oxygens (including phenoxy) is 3. The minimum absolute atomic E-state index is 0.187. The maximum Gasteiger partial charge on any atom is 0.408 e. The maximum absolute atomic E-state index is 13.6. The number of hydrogen-bond donors (Lipinski definition) is 3. The molecule has 4 atom stereocenters. The van der Waals surface area contributed by atoms with Gasteiger partial charge in [-0.3, -0.25) is 15.0 Å². The second-order valence-corrected chi connectivity index (χ2v) is 11.4. The molecule has 1 unspecified atom stereocenters. The van der Waals surface area contributed by atoms with Gasteiger partial charge in [0, 0.05) is 25.4 Å². The summed E-state index contributed by atoms with van der Waals surface area (Å²) in [6, 6.07) is -0.346. The zero-order chi connectivity index (χ0) is 28.9. The summed E-state index contributed by atoms with van der Waals surface area (Å²) in [6.07, 6.45) is 1.54.